The first kappa shape index (κ1) is 17.4. The van der Waals surface area contributed by atoms with E-state index in [0.29, 0.717) is 17.9 Å². The molecule has 1 fully saturated rings. The third-order valence-electron chi connectivity index (χ3n) is 4.13. The summed E-state index contributed by atoms with van der Waals surface area (Å²) < 4.78 is 19.7. The van der Waals surface area contributed by atoms with Gasteiger partial charge in [-0.15, -0.1) is 0 Å². The quantitative estimate of drug-likeness (QED) is 0.845. The van der Waals surface area contributed by atoms with Crippen LogP contribution in [0.3, 0.4) is 0 Å². The van der Waals surface area contributed by atoms with Crippen LogP contribution in [0.4, 0.5) is 15.8 Å². The molecule has 0 saturated carbocycles. The minimum atomic E-state index is -0.396. The second kappa shape index (κ2) is 8.07. The molecule has 2 N–H and O–H groups in total. The maximum atomic E-state index is 14.2. The van der Waals surface area contributed by atoms with Crippen LogP contribution in [0.1, 0.15) is 24.1 Å². The molecule has 2 heterocycles. The van der Waals surface area contributed by atoms with Gasteiger partial charge in [-0.3, -0.25) is 9.78 Å². The van der Waals surface area contributed by atoms with Crippen molar-refractivity contribution < 1.29 is 13.9 Å². The van der Waals surface area contributed by atoms with Crippen LogP contribution in [-0.4, -0.2) is 30.1 Å². The van der Waals surface area contributed by atoms with Gasteiger partial charge in [0.05, 0.1) is 18.2 Å². The normalized spacial score (nSPS) is 16.6. The zero-order valence-corrected chi connectivity index (χ0v) is 14.2. The van der Waals surface area contributed by atoms with Crippen LogP contribution in [0.5, 0.6) is 0 Å². The van der Waals surface area contributed by atoms with E-state index < -0.39 is 5.82 Å². The smallest absolute Gasteiger partial charge is 0.228 e. The van der Waals surface area contributed by atoms with E-state index in [2.05, 4.69) is 15.6 Å². The van der Waals surface area contributed by atoms with Crippen LogP contribution in [0.15, 0.2) is 36.5 Å². The highest BCUT2D eigenvalue weighted by Crippen LogP contribution is 2.20. The van der Waals surface area contributed by atoms with Crippen LogP contribution in [0.2, 0.25) is 0 Å². The van der Waals surface area contributed by atoms with Crippen molar-refractivity contribution in [3.8, 4) is 0 Å². The zero-order valence-electron chi connectivity index (χ0n) is 14.2. The van der Waals surface area contributed by atoms with Gasteiger partial charge in [0.1, 0.15) is 5.82 Å². The number of halogens is 1. The lowest BCUT2D eigenvalue weighted by Gasteiger charge is -2.13. The number of benzene rings is 1. The highest BCUT2D eigenvalue weighted by molar-refractivity contribution is 5.92. The number of aryl methyl sites for hydroxylation is 1. The maximum absolute atomic E-state index is 14.2. The molecule has 1 aromatic carbocycles. The first-order valence-corrected chi connectivity index (χ1v) is 8.46. The Bertz CT molecular complexity index is 728. The molecule has 1 amide bonds. The van der Waals surface area contributed by atoms with Gasteiger partial charge in [-0.25, -0.2) is 4.39 Å². The van der Waals surface area contributed by atoms with Crippen molar-refractivity contribution in [3.63, 3.8) is 0 Å². The second-order valence-corrected chi connectivity index (χ2v) is 6.24. The van der Waals surface area contributed by atoms with Gasteiger partial charge in [0.25, 0.3) is 0 Å². The fraction of sp³-hybridized carbons (Fsp3) is 0.368. The van der Waals surface area contributed by atoms with E-state index in [1.807, 2.05) is 19.1 Å². The lowest BCUT2D eigenvalue weighted by Crippen LogP contribution is -2.19. The molecule has 0 spiro atoms. The van der Waals surface area contributed by atoms with Crippen molar-refractivity contribution >= 4 is 17.3 Å². The van der Waals surface area contributed by atoms with Crippen LogP contribution in [0, 0.1) is 12.7 Å². The molecule has 25 heavy (non-hydrogen) atoms. The summed E-state index contributed by atoms with van der Waals surface area (Å²) in [5.41, 5.74) is 2.57. The van der Waals surface area contributed by atoms with E-state index in [9.17, 15) is 9.18 Å². The number of carbonyl (C=O) groups is 1. The number of pyridine rings is 1. The molecule has 0 radical (unpaired) electrons. The Morgan fingerprint density at radius 3 is 2.92 bits per heavy atom. The SMILES string of the molecule is Cc1ccc(CC(=O)Nc2ccc(NCC3CCCO3)c(F)c2)cn1. The molecule has 0 bridgehead atoms. The molecule has 1 atom stereocenters. The molecule has 1 aromatic heterocycles. The largest absolute Gasteiger partial charge is 0.380 e. The minimum absolute atomic E-state index is 0.141. The number of amides is 1. The van der Waals surface area contributed by atoms with Crippen LogP contribution < -0.4 is 10.6 Å². The fourth-order valence-corrected chi connectivity index (χ4v) is 2.76. The highest BCUT2D eigenvalue weighted by Gasteiger charge is 2.15. The molecule has 5 nitrogen and oxygen atoms in total. The topological polar surface area (TPSA) is 63.2 Å². The van der Waals surface area contributed by atoms with Crippen molar-refractivity contribution in [2.75, 3.05) is 23.8 Å². The van der Waals surface area contributed by atoms with Crippen molar-refractivity contribution in [1.82, 2.24) is 4.98 Å². The number of rotatable bonds is 6. The van der Waals surface area contributed by atoms with Crippen LogP contribution in [0.25, 0.3) is 0 Å². The molecular formula is C19H22FN3O2. The van der Waals surface area contributed by atoms with Gasteiger partial charge in [-0.05, 0) is 49.6 Å². The first-order chi connectivity index (χ1) is 12.1. The summed E-state index contributed by atoms with van der Waals surface area (Å²) >= 11 is 0. The molecule has 1 aliphatic heterocycles. The second-order valence-electron chi connectivity index (χ2n) is 6.24. The van der Waals surface area contributed by atoms with Gasteiger partial charge in [-0.1, -0.05) is 6.07 Å². The number of carbonyl (C=O) groups excluding carboxylic acids is 1. The van der Waals surface area contributed by atoms with Crippen molar-refractivity contribution in [2.45, 2.75) is 32.3 Å². The number of hydrogen-bond acceptors (Lipinski definition) is 4. The van der Waals surface area contributed by atoms with Gasteiger partial charge in [0, 0.05) is 30.7 Å². The molecule has 1 saturated heterocycles. The number of nitrogens with zero attached hydrogens (tertiary/aromatic N) is 1. The van der Waals surface area contributed by atoms with E-state index in [1.54, 1.807) is 18.3 Å². The summed E-state index contributed by atoms with van der Waals surface area (Å²) in [5.74, 6) is -0.599. The molecule has 2 aromatic rings. The summed E-state index contributed by atoms with van der Waals surface area (Å²) in [6, 6.07) is 8.36. The molecule has 1 unspecified atom stereocenters. The summed E-state index contributed by atoms with van der Waals surface area (Å²) in [5, 5.41) is 5.77. The Hall–Kier alpha value is -2.47. The summed E-state index contributed by atoms with van der Waals surface area (Å²) in [4.78, 5) is 16.2. The zero-order chi connectivity index (χ0) is 17.6. The summed E-state index contributed by atoms with van der Waals surface area (Å²) in [7, 11) is 0. The summed E-state index contributed by atoms with van der Waals surface area (Å²) in [6.45, 7) is 3.25. The molecular weight excluding hydrogens is 321 g/mol. The minimum Gasteiger partial charge on any atom is -0.380 e. The number of hydrogen-bond donors (Lipinski definition) is 2. The number of aromatic nitrogens is 1. The standard InChI is InChI=1S/C19H22FN3O2/c1-13-4-5-14(11-21-13)9-19(24)23-15-6-7-18(17(20)10-15)22-12-16-3-2-8-25-16/h4-7,10-11,16,22H,2-3,8-9,12H2,1H3,(H,23,24). The Balaban J connectivity index is 1.54. The molecule has 0 aliphatic carbocycles. The average Bonchev–Trinajstić information content (AvgIpc) is 3.10. The number of ether oxygens (including phenoxy) is 1. The molecule has 3 rings (SSSR count). The third kappa shape index (κ3) is 5.00. The third-order valence-corrected chi connectivity index (χ3v) is 4.13. The van der Waals surface area contributed by atoms with Crippen molar-refractivity contribution in [2.24, 2.45) is 0 Å². The Morgan fingerprint density at radius 2 is 2.24 bits per heavy atom. The van der Waals surface area contributed by atoms with Crippen LogP contribution in [-0.2, 0) is 16.0 Å². The molecule has 1 aliphatic rings. The lowest BCUT2D eigenvalue weighted by atomic mass is 10.2. The van der Waals surface area contributed by atoms with E-state index >= 15 is 0 Å². The maximum Gasteiger partial charge on any atom is 0.228 e. The Kier molecular flexibility index (Phi) is 5.60. The van der Waals surface area contributed by atoms with Crippen molar-refractivity contribution in [3.05, 3.63) is 53.6 Å². The van der Waals surface area contributed by atoms with Crippen LogP contribution >= 0.6 is 0 Å². The Morgan fingerprint density at radius 1 is 1.36 bits per heavy atom. The van der Waals surface area contributed by atoms with Gasteiger partial charge < -0.3 is 15.4 Å². The number of anilines is 2. The molecule has 132 valence electrons. The fourth-order valence-electron chi connectivity index (χ4n) is 2.76. The molecule has 6 heteroatoms. The highest BCUT2D eigenvalue weighted by atomic mass is 19.1. The lowest BCUT2D eigenvalue weighted by molar-refractivity contribution is -0.115. The Labute approximate surface area is 146 Å². The van der Waals surface area contributed by atoms with E-state index in [-0.39, 0.29) is 18.4 Å². The van der Waals surface area contributed by atoms with E-state index in [4.69, 9.17) is 4.74 Å². The van der Waals surface area contributed by atoms with E-state index in [0.717, 1.165) is 30.7 Å². The van der Waals surface area contributed by atoms with Gasteiger partial charge in [0.2, 0.25) is 5.91 Å². The first-order valence-electron chi connectivity index (χ1n) is 8.46. The number of nitrogens with one attached hydrogen (secondary N) is 2. The predicted octanol–water partition coefficient (Wildman–Crippen LogP) is 3.30. The van der Waals surface area contributed by atoms with Gasteiger partial charge >= 0.3 is 0 Å². The predicted molar refractivity (Wildman–Crippen MR) is 95.2 cm³/mol. The monoisotopic (exact) mass is 343 g/mol. The van der Waals surface area contributed by atoms with Gasteiger partial charge in [0.15, 0.2) is 0 Å². The van der Waals surface area contributed by atoms with Gasteiger partial charge in [-0.2, -0.15) is 0 Å². The average molecular weight is 343 g/mol. The van der Waals surface area contributed by atoms with E-state index in [1.165, 1.54) is 6.07 Å². The summed E-state index contributed by atoms with van der Waals surface area (Å²) in [6.07, 6.45) is 4.07. The van der Waals surface area contributed by atoms with Crippen molar-refractivity contribution in [1.29, 1.82) is 0 Å².